The van der Waals surface area contributed by atoms with Gasteiger partial charge in [0.2, 0.25) is 0 Å². The summed E-state index contributed by atoms with van der Waals surface area (Å²) in [6, 6.07) is 7.69. The number of anilines is 1. The van der Waals surface area contributed by atoms with Gasteiger partial charge in [0, 0.05) is 53.7 Å². The summed E-state index contributed by atoms with van der Waals surface area (Å²) in [6.45, 7) is 6.31. The molecule has 0 bridgehead atoms. The standard InChI is InChI=1S/C19H19ClN4O2S/c1-12-13(2)27-19-21-11-16(18(26)24(12)19)17(25)23-8-6-22(7-9-23)15-5-3-4-14(20)10-15/h3-5,10-11H,6-9H2,1-2H3. The summed E-state index contributed by atoms with van der Waals surface area (Å²) in [5.41, 5.74) is 1.73. The Morgan fingerprint density at radius 1 is 1.19 bits per heavy atom. The minimum atomic E-state index is -0.288. The number of amides is 1. The zero-order chi connectivity index (χ0) is 19.1. The van der Waals surface area contributed by atoms with Gasteiger partial charge in [-0.3, -0.25) is 14.0 Å². The van der Waals surface area contributed by atoms with E-state index in [0.29, 0.717) is 36.2 Å². The number of thiazole rings is 1. The molecule has 1 aromatic carbocycles. The van der Waals surface area contributed by atoms with Crippen LogP contribution in [0.1, 0.15) is 20.9 Å². The van der Waals surface area contributed by atoms with Gasteiger partial charge in [-0.1, -0.05) is 17.7 Å². The highest BCUT2D eigenvalue weighted by molar-refractivity contribution is 7.17. The fraction of sp³-hybridized carbons (Fsp3) is 0.316. The van der Waals surface area contributed by atoms with E-state index in [1.807, 2.05) is 38.1 Å². The van der Waals surface area contributed by atoms with Gasteiger partial charge in [-0.15, -0.1) is 11.3 Å². The zero-order valence-corrected chi connectivity index (χ0v) is 16.7. The molecule has 3 heterocycles. The first-order valence-electron chi connectivity index (χ1n) is 8.73. The Hall–Kier alpha value is -2.38. The maximum Gasteiger partial charge on any atom is 0.271 e. The van der Waals surface area contributed by atoms with Gasteiger partial charge in [-0.2, -0.15) is 0 Å². The van der Waals surface area contributed by atoms with Crippen molar-refractivity contribution in [3.05, 3.63) is 62.0 Å². The van der Waals surface area contributed by atoms with E-state index in [4.69, 9.17) is 11.6 Å². The number of carbonyl (C=O) groups is 1. The van der Waals surface area contributed by atoms with Gasteiger partial charge in [-0.05, 0) is 32.0 Å². The van der Waals surface area contributed by atoms with Crippen molar-refractivity contribution in [3.63, 3.8) is 0 Å². The third-order valence-corrected chi connectivity index (χ3v) is 6.30. The number of carbonyl (C=O) groups excluding carboxylic acids is 1. The van der Waals surface area contributed by atoms with Crippen molar-refractivity contribution in [1.82, 2.24) is 14.3 Å². The van der Waals surface area contributed by atoms with Crippen molar-refractivity contribution in [2.24, 2.45) is 0 Å². The van der Waals surface area contributed by atoms with Gasteiger partial charge in [0.15, 0.2) is 4.96 Å². The van der Waals surface area contributed by atoms with Gasteiger partial charge in [0.05, 0.1) is 0 Å². The van der Waals surface area contributed by atoms with Crippen LogP contribution in [0.2, 0.25) is 5.02 Å². The van der Waals surface area contributed by atoms with E-state index in [9.17, 15) is 9.59 Å². The molecule has 0 aliphatic carbocycles. The van der Waals surface area contributed by atoms with Crippen molar-refractivity contribution in [2.75, 3.05) is 31.1 Å². The average Bonchev–Trinajstić information content (AvgIpc) is 2.96. The molecule has 1 amide bonds. The lowest BCUT2D eigenvalue weighted by Crippen LogP contribution is -2.49. The normalized spacial score (nSPS) is 14.8. The Labute approximate surface area is 165 Å². The Morgan fingerprint density at radius 3 is 2.63 bits per heavy atom. The van der Waals surface area contributed by atoms with E-state index in [1.165, 1.54) is 21.9 Å². The molecule has 0 saturated carbocycles. The van der Waals surface area contributed by atoms with E-state index >= 15 is 0 Å². The SMILES string of the molecule is Cc1sc2ncc(C(=O)N3CCN(c4cccc(Cl)c4)CC3)c(=O)n2c1C. The highest BCUT2D eigenvalue weighted by Gasteiger charge is 2.25. The molecule has 1 aliphatic rings. The highest BCUT2D eigenvalue weighted by atomic mass is 35.5. The van der Waals surface area contributed by atoms with Gasteiger partial charge < -0.3 is 9.80 Å². The van der Waals surface area contributed by atoms with Gasteiger partial charge in [0.1, 0.15) is 5.56 Å². The van der Waals surface area contributed by atoms with Crippen molar-refractivity contribution in [1.29, 1.82) is 0 Å². The first-order chi connectivity index (χ1) is 13.0. The molecule has 1 fully saturated rings. The van der Waals surface area contributed by atoms with E-state index in [2.05, 4.69) is 9.88 Å². The number of rotatable bonds is 2. The molecule has 1 aliphatic heterocycles. The van der Waals surface area contributed by atoms with Crippen LogP contribution in [0.25, 0.3) is 4.96 Å². The van der Waals surface area contributed by atoms with Crippen LogP contribution in [0, 0.1) is 13.8 Å². The molecule has 4 rings (SSSR count). The summed E-state index contributed by atoms with van der Waals surface area (Å²) >= 11 is 7.53. The summed E-state index contributed by atoms with van der Waals surface area (Å²) < 4.78 is 1.54. The third-order valence-electron chi connectivity index (χ3n) is 4.99. The van der Waals surface area contributed by atoms with Crippen LogP contribution >= 0.6 is 22.9 Å². The Kier molecular flexibility index (Phi) is 4.65. The molecule has 0 N–H and O–H groups in total. The molecule has 140 valence electrons. The van der Waals surface area contributed by atoms with Gasteiger partial charge in [0.25, 0.3) is 11.5 Å². The number of halogens is 1. The van der Waals surface area contributed by atoms with Crippen molar-refractivity contribution >= 4 is 39.5 Å². The topological polar surface area (TPSA) is 57.9 Å². The van der Waals surface area contributed by atoms with Crippen molar-refractivity contribution < 1.29 is 4.79 Å². The van der Waals surface area contributed by atoms with E-state index in [1.54, 1.807) is 4.90 Å². The minimum absolute atomic E-state index is 0.129. The minimum Gasteiger partial charge on any atom is -0.368 e. The fourth-order valence-electron chi connectivity index (χ4n) is 3.33. The lowest BCUT2D eigenvalue weighted by Gasteiger charge is -2.36. The molecule has 0 spiro atoms. The second-order valence-electron chi connectivity index (χ2n) is 6.60. The number of aryl methyl sites for hydroxylation is 2. The molecule has 3 aromatic rings. The first kappa shape index (κ1) is 18.0. The summed E-state index contributed by atoms with van der Waals surface area (Å²) in [4.78, 5) is 35.6. The number of nitrogens with zero attached hydrogens (tertiary/aromatic N) is 4. The van der Waals surface area contributed by atoms with Crippen LogP contribution in [0.3, 0.4) is 0 Å². The second-order valence-corrected chi connectivity index (χ2v) is 8.22. The largest absolute Gasteiger partial charge is 0.368 e. The van der Waals surface area contributed by atoms with Gasteiger partial charge in [-0.25, -0.2) is 4.98 Å². The number of aromatic nitrogens is 2. The van der Waals surface area contributed by atoms with Crippen LogP contribution in [0.15, 0.2) is 35.3 Å². The fourth-order valence-corrected chi connectivity index (χ4v) is 4.45. The van der Waals surface area contributed by atoms with Crippen LogP contribution in [-0.4, -0.2) is 46.4 Å². The monoisotopic (exact) mass is 402 g/mol. The first-order valence-corrected chi connectivity index (χ1v) is 9.92. The van der Waals surface area contributed by atoms with Crippen molar-refractivity contribution in [3.8, 4) is 0 Å². The van der Waals surface area contributed by atoms with Crippen LogP contribution in [0.5, 0.6) is 0 Å². The van der Waals surface area contributed by atoms with Gasteiger partial charge >= 0.3 is 0 Å². The quantitative estimate of drug-likeness (QED) is 0.661. The number of piperazine rings is 1. The molecule has 27 heavy (non-hydrogen) atoms. The predicted molar refractivity (Wildman–Crippen MR) is 108 cm³/mol. The average molecular weight is 403 g/mol. The molecule has 8 heteroatoms. The van der Waals surface area contributed by atoms with E-state index in [0.717, 1.165) is 16.3 Å². The number of benzene rings is 1. The van der Waals surface area contributed by atoms with Crippen LogP contribution in [-0.2, 0) is 0 Å². The maximum absolute atomic E-state index is 12.9. The summed E-state index contributed by atoms with van der Waals surface area (Å²) in [5.74, 6) is -0.254. The van der Waals surface area contributed by atoms with Crippen LogP contribution < -0.4 is 10.5 Å². The predicted octanol–water partition coefficient (Wildman–Crippen LogP) is 2.99. The Morgan fingerprint density at radius 2 is 1.93 bits per heavy atom. The second kappa shape index (κ2) is 6.98. The Bertz CT molecular complexity index is 1080. The molecule has 2 aromatic heterocycles. The number of fused-ring (bicyclic) bond motifs is 1. The molecule has 0 radical (unpaired) electrons. The van der Waals surface area contributed by atoms with Crippen LogP contribution in [0.4, 0.5) is 5.69 Å². The summed E-state index contributed by atoms with van der Waals surface area (Å²) in [5, 5.41) is 0.694. The maximum atomic E-state index is 12.9. The lowest BCUT2D eigenvalue weighted by atomic mass is 10.2. The smallest absolute Gasteiger partial charge is 0.271 e. The molecule has 6 nitrogen and oxygen atoms in total. The Balaban J connectivity index is 1.55. The molecule has 0 atom stereocenters. The molecular formula is C19H19ClN4O2S. The van der Waals surface area contributed by atoms with E-state index in [-0.39, 0.29) is 17.0 Å². The number of hydrogen-bond donors (Lipinski definition) is 0. The highest BCUT2D eigenvalue weighted by Crippen LogP contribution is 2.22. The lowest BCUT2D eigenvalue weighted by molar-refractivity contribution is 0.0744. The summed E-state index contributed by atoms with van der Waals surface area (Å²) in [7, 11) is 0. The molecular weight excluding hydrogens is 384 g/mol. The molecule has 1 saturated heterocycles. The third kappa shape index (κ3) is 3.21. The van der Waals surface area contributed by atoms with Crippen molar-refractivity contribution in [2.45, 2.75) is 13.8 Å². The number of hydrogen-bond acceptors (Lipinski definition) is 5. The summed E-state index contributed by atoms with van der Waals surface area (Å²) in [6.07, 6.45) is 1.42. The molecule has 0 unspecified atom stereocenters. The zero-order valence-electron chi connectivity index (χ0n) is 15.1. The van der Waals surface area contributed by atoms with E-state index < -0.39 is 0 Å².